The molecular formula is C29H30N4O5. The number of non-ortho nitro benzene ring substituents is 1. The third-order valence-electron chi connectivity index (χ3n) is 8.41. The van der Waals surface area contributed by atoms with Crippen LogP contribution in [0.15, 0.2) is 65.5 Å². The van der Waals surface area contributed by atoms with Gasteiger partial charge < -0.3 is 19.5 Å². The molecule has 0 aliphatic carbocycles. The Morgan fingerprint density at radius 2 is 1.95 bits per heavy atom. The number of nitrogens with zero attached hydrogens (tertiary/aromatic N) is 3. The van der Waals surface area contributed by atoms with Gasteiger partial charge in [-0.15, -0.1) is 0 Å². The zero-order valence-electron chi connectivity index (χ0n) is 21.2. The number of carbonyl (C=O) groups is 1. The fraction of sp³-hybridized carbons (Fsp3) is 0.379. The zero-order valence-corrected chi connectivity index (χ0v) is 21.2. The molecule has 6 rings (SSSR count). The fourth-order valence-corrected chi connectivity index (χ4v) is 6.71. The monoisotopic (exact) mass is 514 g/mol. The Balaban J connectivity index is 1.29. The van der Waals surface area contributed by atoms with Gasteiger partial charge in [-0.2, -0.15) is 0 Å². The van der Waals surface area contributed by atoms with E-state index in [-0.39, 0.29) is 45.9 Å². The van der Waals surface area contributed by atoms with E-state index in [2.05, 4.69) is 10.2 Å². The van der Waals surface area contributed by atoms with Crippen LogP contribution < -0.4 is 20.5 Å². The van der Waals surface area contributed by atoms with E-state index in [4.69, 9.17) is 4.74 Å². The number of amides is 1. The molecule has 4 atom stereocenters. The molecule has 38 heavy (non-hydrogen) atoms. The Bertz CT molecular complexity index is 1450. The summed E-state index contributed by atoms with van der Waals surface area (Å²) in [6.07, 6.45) is 2.04. The van der Waals surface area contributed by atoms with Crippen molar-refractivity contribution in [2.45, 2.75) is 37.8 Å². The summed E-state index contributed by atoms with van der Waals surface area (Å²) in [6.45, 7) is 1.74. The topological polar surface area (TPSA) is 107 Å². The highest BCUT2D eigenvalue weighted by Gasteiger charge is 2.49. The van der Waals surface area contributed by atoms with Gasteiger partial charge in [-0.1, -0.05) is 18.2 Å². The van der Waals surface area contributed by atoms with Gasteiger partial charge in [-0.05, 0) is 60.6 Å². The first-order chi connectivity index (χ1) is 18.4. The maximum Gasteiger partial charge on any atom is 0.269 e. The summed E-state index contributed by atoms with van der Waals surface area (Å²) < 4.78 is 7.09. The third kappa shape index (κ3) is 4.21. The molecule has 1 N–H and O–H groups in total. The number of ether oxygens (including phenoxy) is 1. The lowest BCUT2D eigenvalue weighted by Gasteiger charge is -2.54. The summed E-state index contributed by atoms with van der Waals surface area (Å²) in [4.78, 5) is 39.8. The number of hydrogen-bond acceptors (Lipinski definition) is 6. The van der Waals surface area contributed by atoms with Gasteiger partial charge in [0, 0.05) is 61.2 Å². The number of piperidine rings is 1. The normalized spacial score (nSPS) is 23.0. The number of pyridine rings is 1. The van der Waals surface area contributed by atoms with Gasteiger partial charge in [0.05, 0.1) is 18.0 Å². The minimum atomic E-state index is -0.385. The van der Waals surface area contributed by atoms with Crippen molar-refractivity contribution < 1.29 is 14.5 Å². The van der Waals surface area contributed by atoms with Crippen LogP contribution in [-0.4, -0.2) is 41.6 Å². The summed E-state index contributed by atoms with van der Waals surface area (Å²) in [6, 6.07) is 18.1. The molecule has 1 saturated heterocycles. The van der Waals surface area contributed by atoms with Crippen molar-refractivity contribution in [2.24, 2.45) is 11.8 Å². The van der Waals surface area contributed by atoms with Crippen LogP contribution in [0.2, 0.25) is 0 Å². The second-order valence-corrected chi connectivity index (χ2v) is 10.5. The van der Waals surface area contributed by atoms with Crippen LogP contribution in [0.3, 0.4) is 0 Å². The lowest BCUT2D eigenvalue weighted by Crippen LogP contribution is -2.61. The molecule has 9 heteroatoms. The molecule has 196 valence electrons. The van der Waals surface area contributed by atoms with E-state index in [1.807, 2.05) is 47.0 Å². The number of anilines is 1. The Hall–Kier alpha value is -4.14. The molecule has 3 aliphatic rings. The first kappa shape index (κ1) is 24.2. The molecule has 1 amide bonds. The van der Waals surface area contributed by atoms with Gasteiger partial charge in [-0.3, -0.25) is 19.7 Å². The van der Waals surface area contributed by atoms with Crippen molar-refractivity contribution >= 4 is 17.3 Å². The Kier molecular flexibility index (Phi) is 6.13. The van der Waals surface area contributed by atoms with Gasteiger partial charge in [0.2, 0.25) is 5.91 Å². The molecule has 1 aromatic heterocycles. The number of benzene rings is 2. The van der Waals surface area contributed by atoms with E-state index in [0.29, 0.717) is 32.5 Å². The lowest BCUT2D eigenvalue weighted by molar-refractivity contribution is -0.384. The number of nitro benzene ring substituents is 1. The summed E-state index contributed by atoms with van der Waals surface area (Å²) in [7, 11) is 1.63. The van der Waals surface area contributed by atoms with Crippen molar-refractivity contribution in [1.29, 1.82) is 0 Å². The summed E-state index contributed by atoms with van der Waals surface area (Å²) in [5.74, 6) is 0.667. The standard InChI is InChI=1S/C29H30N4O5/c1-38-23-8-5-18(6-9-23)11-12-30-29(35)24-15-19-14-22(33(36)37)7-10-26(19)32-16-20-13-21(28(24)32)17-31-25(20)3-2-4-27(31)34/h2-10,14,20-21,24,28H,11-13,15-17H2,1H3,(H,30,35). The summed E-state index contributed by atoms with van der Waals surface area (Å²) in [5, 5.41) is 14.6. The van der Waals surface area contributed by atoms with Gasteiger partial charge in [0.15, 0.2) is 0 Å². The van der Waals surface area contributed by atoms with Crippen molar-refractivity contribution in [3.63, 3.8) is 0 Å². The predicted octanol–water partition coefficient (Wildman–Crippen LogP) is 3.29. The van der Waals surface area contributed by atoms with Gasteiger partial charge in [-0.25, -0.2) is 0 Å². The SMILES string of the molecule is COc1ccc(CCNC(=O)C2Cc3cc([N+](=O)[O-])ccc3N3CC4CC(Cn5c4cccc5=O)C23)cc1. The minimum absolute atomic E-state index is 0.00187. The highest BCUT2D eigenvalue weighted by atomic mass is 16.6. The number of aromatic nitrogens is 1. The molecule has 1 fully saturated rings. The first-order valence-corrected chi connectivity index (χ1v) is 13.1. The average Bonchev–Trinajstić information content (AvgIpc) is 2.93. The maximum atomic E-state index is 13.7. The van der Waals surface area contributed by atoms with Crippen LogP contribution in [-0.2, 0) is 24.2 Å². The fourth-order valence-electron chi connectivity index (χ4n) is 6.71. The molecule has 2 bridgehead atoms. The quantitative estimate of drug-likeness (QED) is 0.400. The van der Waals surface area contributed by atoms with Crippen LogP contribution in [0.4, 0.5) is 11.4 Å². The predicted molar refractivity (Wildman–Crippen MR) is 143 cm³/mol. The molecule has 4 unspecified atom stereocenters. The van der Waals surface area contributed by atoms with E-state index in [1.165, 1.54) is 0 Å². The maximum absolute atomic E-state index is 13.7. The van der Waals surface area contributed by atoms with E-state index in [1.54, 1.807) is 25.3 Å². The first-order valence-electron chi connectivity index (χ1n) is 13.1. The second-order valence-electron chi connectivity index (χ2n) is 10.5. The van der Waals surface area contributed by atoms with Gasteiger partial charge in [0.1, 0.15) is 5.75 Å². The molecular weight excluding hydrogens is 484 g/mol. The van der Waals surface area contributed by atoms with Crippen molar-refractivity contribution in [2.75, 3.05) is 25.1 Å². The van der Waals surface area contributed by atoms with Crippen LogP contribution in [0.1, 0.15) is 29.2 Å². The highest BCUT2D eigenvalue weighted by Crippen LogP contribution is 2.47. The van der Waals surface area contributed by atoms with Crippen molar-refractivity contribution in [3.05, 3.63) is 98.0 Å². The van der Waals surface area contributed by atoms with Gasteiger partial charge in [0.25, 0.3) is 11.2 Å². The number of fused-ring (bicyclic) bond motifs is 8. The Morgan fingerprint density at radius 1 is 1.13 bits per heavy atom. The molecule has 4 heterocycles. The van der Waals surface area contributed by atoms with Gasteiger partial charge >= 0.3 is 0 Å². The number of rotatable bonds is 6. The van der Waals surface area contributed by atoms with Crippen molar-refractivity contribution in [3.8, 4) is 5.75 Å². The summed E-state index contributed by atoms with van der Waals surface area (Å²) in [5.41, 5.74) is 3.95. The van der Waals surface area contributed by atoms with Crippen molar-refractivity contribution in [1.82, 2.24) is 9.88 Å². The average molecular weight is 515 g/mol. The minimum Gasteiger partial charge on any atom is -0.497 e. The van der Waals surface area contributed by atoms with E-state index < -0.39 is 0 Å². The lowest BCUT2D eigenvalue weighted by atomic mass is 9.70. The number of nitro groups is 1. The molecule has 0 saturated carbocycles. The molecule has 2 aromatic carbocycles. The number of carbonyl (C=O) groups excluding carboxylic acids is 1. The Morgan fingerprint density at radius 3 is 2.71 bits per heavy atom. The summed E-state index contributed by atoms with van der Waals surface area (Å²) >= 11 is 0. The molecule has 3 aliphatic heterocycles. The highest BCUT2D eigenvalue weighted by molar-refractivity contribution is 5.82. The van der Waals surface area contributed by atoms with E-state index in [0.717, 1.165) is 34.7 Å². The molecule has 3 aromatic rings. The van der Waals surface area contributed by atoms with E-state index in [9.17, 15) is 19.7 Å². The largest absolute Gasteiger partial charge is 0.497 e. The molecule has 0 spiro atoms. The Labute approximate surface area is 220 Å². The zero-order chi connectivity index (χ0) is 26.4. The third-order valence-corrected chi connectivity index (χ3v) is 8.41. The second kappa shape index (κ2) is 9.63. The van der Waals surface area contributed by atoms with Crippen LogP contribution in [0.5, 0.6) is 5.75 Å². The van der Waals surface area contributed by atoms with Crippen LogP contribution in [0, 0.1) is 22.0 Å². The van der Waals surface area contributed by atoms with Crippen LogP contribution in [0.25, 0.3) is 0 Å². The van der Waals surface area contributed by atoms with E-state index >= 15 is 0 Å². The number of methoxy groups -OCH3 is 1. The van der Waals surface area contributed by atoms with Crippen LogP contribution >= 0.6 is 0 Å². The smallest absolute Gasteiger partial charge is 0.269 e. The number of hydrogen-bond donors (Lipinski definition) is 1. The molecule has 0 radical (unpaired) electrons. The number of nitrogens with one attached hydrogen (secondary N) is 1. The molecule has 9 nitrogen and oxygen atoms in total.